The summed E-state index contributed by atoms with van der Waals surface area (Å²) in [4.78, 5) is 0. The van der Waals surface area contributed by atoms with E-state index in [0.29, 0.717) is 21.7 Å². The molecule has 0 heteroatoms. The van der Waals surface area contributed by atoms with Gasteiger partial charge in [0.1, 0.15) is 0 Å². The molecule has 0 radical (unpaired) electrons. The standard InChI is InChI=1S/C20H36/c1-17(2)15-16-20(14-10-13-19(17,20)4)18(3)11-8-6-5-7-9-12-18/h5-16H2,1-4H3. The molecule has 3 aliphatic rings. The van der Waals surface area contributed by atoms with Gasteiger partial charge in [-0.2, -0.15) is 0 Å². The Morgan fingerprint density at radius 3 is 1.75 bits per heavy atom. The zero-order valence-corrected chi connectivity index (χ0v) is 14.5. The first kappa shape index (κ1) is 14.9. The average molecular weight is 277 g/mol. The molecule has 116 valence electrons. The molecule has 0 amide bonds. The van der Waals surface area contributed by atoms with Gasteiger partial charge in [0.15, 0.2) is 0 Å². The predicted octanol–water partition coefficient (Wildman–Crippen LogP) is 6.73. The molecule has 0 aliphatic heterocycles. The average Bonchev–Trinajstić information content (AvgIpc) is 2.80. The molecule has 0 heterocycles. The molecule has 0 spiro atoms. The van der Waals surface area contributed by atoms with E-state index >= 15 is 0 Å². The van der Waals surface area contributed by atoms with Gasteiger partial charge < -0.3 is 0 Å². The third-order valence-electron chi connectivity index (χ3n) is 8.62. The fourth-order valence-electron chi connectivity index (χ4n) is 6.88. The van der Waals surface area contributed by atoms with Crippen LogP contribution in [-0.2, 0) is 0 Å². The molecule has 0 aromatic heterocycles. The Morgan fingerprint density at radius 1 is 0.500 bits per heavy atom. The lowest BCUT2D eigenvalue weighted by molar-refractivity contribution is -0.0749. The molecular weight excluding hydrogens is 240 g/mol. The van der Waals surface area contributed by atoms with Gasteiger partial charge in [0.2, 0.25) is 0 Å². The van der Waals surface area contributed by atoms with Crippen LogP contribution in [0.4, 0.5) is 0 Å². The summed E-state index contributed by atoms with van der Waals surface area (Å²) in [6.45, 7) is 10.5. The molecule has 2 unspecified atom stereocenters. The first-order chi connectivity index (χ1) is 9.37. The summed E-state index contributed by atoms with van der Waals surface area (Å²) in [5.41, 5.74) is 2.47. The van der Waals surface area contributed by atoms with Crippen molar-refractivity contribution in [2.75, 3.05) is 0 Å². The van der Waals surface area contributed by atoms with Crippen LogP contribution in [-0.4, -0.2) is 0 Å². The Labute approximate surface area is 127 Å². The number of hydrogen-bond donors (Lipinski definition) is 0. The minimum absolute atomic E-state index is 0.564. The van der Waals surface area contributed by atoms with Crippen molar-refractivity contribution in [1.29, 1.82) is 0 Å². The van der Waals surface area contributed by atoms with Crippen LogP contribution in [0, 0.1) is 21.7 Å². The van der Waals surface area contributed by atoms with E-state index in [1.165, 1.54) is 77.0 Å². The van der Waals surface area contributed by atoms with E-state index in [9.17, 15) is 0 Å². The summed E-state index contributed by atoms with van der Waals surface area (Å²) in [6.07, 6.45) is 18.0. The minimum atomic E-state index is 0.564. The maximum absolute atomic E-state index is 2.70. The molecule has 3 aliphatic carbocycles. The Bertz CT molecular complexity index is 358. The highest BCUT2D eigenvalue weighted by atomic mass is 14.7. The van der Waals surface area contributed by atoms with E-state index in [4.69, 9.17) is 0 Å². The Kier molecular flexibility index (Phi) is 3.54. The second-order valence-corrected chi connectivity index (χ2v) is 9.48. The summed E-state index contributed by atoms with van der Waals surface area (Å²) in [7, 11) is 0. The molecule has 0 aromatic rings. The second kappa shape index (κ2) is 4.75. The van der Waals surface area contributed by atoms with Crippen molar-refractivity contribution >= 4 is 0 Å². The molecule has 0 nitrogen and oxygen atoms in total. The molecule has 0 N–H and O–H groups in total. The van der Waals surface area contributed by atoms with Crippen LogP contribution >= 0.6 is 0 Å². The van der Waals surface area contributed by atoms with Crippen molar-refractivity contribution in [3.05, 3.63) is 0 Å². The van der Waals surface area contributed by atoms with Gasteiger partial charge in [-0.15, -0.1) is 0 Å². The Morgan fingerprint density at radius 2 is 1.10 bits per heavy atom. The van der Waals surface area contributed by atoms with Crippen LogP contribution in [0.5, 0.6) is 0 Å². The highest BCUT2D eigenvalue weighted by molar-refractivity contribution is 5.17. The van der Waals surface area contributed by atoms with Gasteiger partial charge in [-0.05, 0) is 60.2 Å². The van der Waals surface area contributed by atoms with Crippen molar-refractivity contribution in [2.45, 2.75) is 105 Å². The van der Waals surface area contributed by atoms with Gasteiger partial charge in [-0.25, -0.2) is 0 Å². The summed E-state index contributed by atoms with van der Waals surface area (Å²) in [6, 6.07) is 0. The summed E-state index contributed by atoms with van der Waals surface area (Å²) < 4.78 is 0. The zero-order chi connectivity index (χ0) is 14.5. The van der Waals surface area contributed by atoms with E-state index < -0.39 is 0 Å². The lowest BCUT2D eigenvalue weighted by Gasteiger charge is -2.56. The fourth-order valence-corrected chi connectivity index (χ4v) is 6.88. The summed E-state index contributed by atoms with van der Waals surface area (Å²) in [5, 5.41) is 0. The molecule has 2 atom stereocenters. The fraction of sp³-hybridized carbons (Fsp3) is 1.00. The quantitative estimate of drug-likeness (QED) is 0.498. The van der Waals surface area contributed by atoms with Crippen LogP contribution in [0.3, 0.4) is 0 Å². The van der Waals surface area contributed by atoms with Crippen molar-refractivity contribution in [1.82, 2.24) is 0 Å². The zero-order valence-electron chi connectivity index (χ0n) is 14.5. The molecule has 0 saturated heterocycles. The number of rotatable bonds is 1. The van der Waals surface area contributed by atoms with Crippen molar-refractivity contribution in [3.8, 4) is 0 Å². The third kappa shape index (κ3) is 1.78. The van der Waals surface area contributed by atoms with E-state index in [1.54, 1.807) is 0 Å². The topological polar surface area (TPSA) is 0 Å². The maximum atomic E-state index is 2.70. The van der Waals surface area contributed by atoms with Gasteiger partial charge in [-0.1, -0.05) is 66.2 Å². The molecule has 20 heavy (non-hydrogen) atoms. The van der Waals surface area contributed by atoms with Crippen LogP contribution in [0.2, 0.25) is 0 Å². The smallest absolute Gasteiger partial charge is 0.0184 e. The predicted molar refractivity (Wildman–Crippen MR) is 87.8 cm³/mol. The molecule has 3 saturated carbocycles. The Hall–Kier alpha value is 0. The summed E-state index contributed by atoms with van der Waals surface area (Å²) in [5.74, 6) is 0. The van der Waals surface area contributed by atoms with Gasteiger partial charge in [0.25, 0.3) is 0 Å². The first-order valence-corrected chi connectivity index (χ1v) is 9.37. The number of hydrogen-bond acceptors (Lipinski definition) is 0. The van der Waals surface area contributed by atoms with Crippen molar-refractivity contribution in [2.24, 2.45) is 21.7 Å². The molecule has 0 aromatic carbocycles. The lowest BCUT2D eigenvalue weighted by Crippen LogP contribution is -2.49. The van der Waals surface area contributed by atoms with Crippen LogP contribution in [0.1, 0.15) is 105 Å². The lowest BCUT2D eigenvalue weighted by atomic mass is 9.48. The van der Waals surface area contributed by atoms with Gasteiger partial charge in [0.05, 0.1) is 0 Å². The molecule has 0 bridgehead atoms. The largest absolute Gasteiger partial charge is 0.0594 e. The van der Waals surface area contributed by atoms with Gasteiger partial charge in [-0.3, -0.25) is 0 Å². The van der Waals surface area contributed by atoms with Crippen molar-refractivity contribution in [3.63, 3.8) is 0 Å². The number of fused-ring (bicyclic) bond motifs is 1. The highest BCUT2D eigenvalue weighted by Gasteiger charge is 2.68. The normalized spacial score (nSPS) is 43.8. The van der Waals surface area contributed by atoms with Crippen LogP contribution in [0.25, 0.3) is 0 Å². The molecule has 3 fully saturated rings. The van der Waals surface area contributed by atoms with E-state index in [-0.39, 0.29) is 0 Å². The third-order valence-corrected chi connectivity index (χ3v) is 8.62. The van der Waals surface area contributed by atoms with Gasteiger partial charge >= 0.3 is 0 Å². The summed E-state index contributed by atoms with van der Waals surface area (Å²) >= 11 is 0. The monoisotopic (exact) mass is 276 g/mol. The van der Waals surface area contributed by atoms with E-state index in [0.717, 1.165) is 0 Å². The maximum Gasteiger partial charge on any atom is -0.0184 e. The van der Waals surface area contributed by atoms with Gasteiger partial charge in [0, 0.05) is 0 Å². The van der Waals surface area contributed by atoms with E-state index in [2.05, 4.69) is 27.7 Å². The minimum Gasteiger partial charge on any atom is -0.0594 e. The van der Waals surface area contributed by atoms with Crippen LogP contribution < -0.4 is 0 Å². The first-order valence-electron chi connectivity index (χ1n) is 9.37. The van der Waals surface area contributed by atoms with Crippen molar-refractivity contribution < 1.29 is 0 Å². The highest BCUT2D eigenvalue weighted by Crippen LogP contribution is 2.77. The molecular formula is C20H36. The SMILES string of the molecule is CC1(C)CCC2(C3(C)CCCCCCC3)CCCC12C. The van der Waals surface area contributed by atoms with Crippen LogP contribution in [0.15, 0.2) is 0 Å². The van der Waals surface area contributed by atoms with E-state index in [1.807, 2.05) is 0 Å². The second-order valence-electron chi connectivity index (χ2n) is 9.48. The Balaban J connectivity index is 1.97. The molecule has 3 rings (SSSR count).